The number of hydrogen-bond donors (Lipinski definition) is 0. The number of rotatable bonds is 4. The molecule has 1 heterocycles. The topological polar surface area (TPSA) is 78.9 Å². The van der Waals surface area contributed by atoms with Crippen molar-refractivity contribution in [3.05, 3.63) is 76.9 Å². The van der Waals surface area contributed by atoms with Crippen LogP contribution >= 0.6 is 0 Å². The minimum Gasteiger partial charge on any atom is -0.483 e. The van der Waals surface area contributed by atoms with Crippen molar-refractivity contribution in [2.45, 2.75) is 38.1 Å². The fraction of sp³-hybridized carbons (Fsp3) is 0.292. The van der Waals surface area contributed by atoms with Crippen molar-refractivity contribution in [2.75, 3.05) is 7.11 Å². The number of methoxy groups -OCH3 is 1. The molecule has 2 aromatic carbocycles. The van der Waals surface area contributed by atoms with Crippen LogP contribution < -0.4 is 0 Å². The van der Waals surface area contributed by atoms with Crippen LogP contribution in [0.5, 0.6) is 0 Å². The summed E-state index contributed by atoms with van der Waals surface area (Å²) in [5.41, 5.74) is 0.920. The third-order valence-electron chi connectivity index (χ3n) is 5.51. The van der Waals surface area contributed by atoms with Gasteiger partial charge in [-0.1, -0.05) is 54.6 Å². The van der Waals surface area contributed by atoms with Gasteiger partial charge in [0.1, 0.15) is 17.5 Å². The van der Waals surface area contributed by atoms with Crippen LogP contribution in [0, 0.1) is 0 Å². The molecular weight excluding hydrogens is 384 g/mol. The second-order valence-corrected chi connectivity index (χ2v) is 7.87. The van der Waals surface area contributed by atoms with E-state index in [9.17, 15) is 14.4 Å². The molecular formula is C24H22O6. The zero-order valence-electron chi connectivity index (χ0n) is 17.0. The van der Waals surface area contributed by atoms with Crippen LogP contribution in [0.25, 0.3) is 5.76 Å². The van der Waals surface area contributed by atoms with Gasteiger partial charge in [-0.15, -0.1) is 0 Å². The summed E-state index contributed by atoms with van der Waals surface area (Å²) in [7, 11) is 1.43. The van der Waals surface area contributed by atoms with E-state index in [0.29, 0.717) is 22.4 Å². The molecule has 4 rings (SSSR count). The fourth-order valence-corrected chi connectivity index (χ4v) is 3.85. The predicted molar refractivity (Wildman–Crippen MR) is 109 cm³/mol. The average Bonchev–Trinajstić information content (AvgIpc) is 2.74. The summed E-state index contributed by atoms with van der Waals surface area (Å²) in [6, 6.07) is 15.9. The van der Waals surface area contributed by atoms with E-state index in [1.54, 1.807) is 50.2 Å². The Morgan fingerprint density at radius 2 is 1.63 bits per heavy atom. The van der Waals surface area contributed by atoms with Gasteiger partial charge in [0.2, 0.25) is 11.6 Å². The maximum atomic E-state index is 12.9. The highest BCUT2D eigenvalue weighted by atomic mass is 16.6. The highest BCUT2D eigenvalue weighted by Gasteiger charge is 2.47. The van der Waals surface area contributed by atoms with Gasteiger partial charge in [-0.2, -0.15) is 0 Å². The molecule has 0 bridgehead atoms. The van der Waals surface area contributed by atoms with Crippen molar-refractivity contribution >= 4 is 23.3 Å². The van der Waals surface area contributed by atoms with Crippen LogP contribution in [-0.2, 0) is 23.8 Å². The zero-order chi connectivity index (χ0) is 21.5. The van der Waals surface area contributed by atoms with Crippen molar-refractivity contribution < 1.29 is 28.6 Å². The van der Waals surface area contributed by atoms with E-state index in [-0.39, 0.29) is 12.0 Å². The third-order valence-corrected chi connectivity index (χ3v) is 5.51. The van der Waals surface area contributed by atoms with Crippen molar-refractivity contribution in [3.63, 3.8) is 0 Å². The van der Waals surface area contributed by atoms with Gasteiger partial charge in [0.25, 0.3) is 0 Å². The molecule has 0 saturated heterocycles. The van der Waals surface area contributed by atoms with Gasteiger partial charge in [0.15, 0.2) is 6.10 Å². The zero-order valence-corrected chi connectivity index (χ0v) is 17.0. The van der Waals surface area contributed by atoms with Gasteiger partial charge in [-0.05, 0) is 19.4 Å². The molecule has 0 unspecified atom stereocenters. The van der Waals surface area contributed by atoms with E-state index in [4.69, 9.17) is 14.2 Å². The quantitative estimate of drug-likeness (QED) is 0.570. The van der Waals surface area contributed by atoms with Gasteiger partial charge >= 0.3 is 5.97 Å². The number of Topliss-reactive ketones (excluding diaryl/α,β-unsaturated/α-hetero) is 2. The Balaban J connectivity index is 1.64. The van der Waals surface area contributed by atoms with Crippen molar-refractivity contribution in [2.24, 2.45) is 0 Å². The molecule has 0 saturated carbocycles. The first-order valence-electron chi connectivity index (χ1n) is 9.72. The Bertz CT molecular complexity index is 1050. The standard InChI is InChI=1S/C24H22O6/c1-24(2)18(29-23(27)21(28-3)14-9-5-4-6-10-14)13-17-20(26)19(25)15-11-7-8-12-16(15)22(17)30-24/h4-12,18,21H,13H2,1-3H3/t18-,21+/m0/s1. The van der Waals surface area contributed by atoms with Gasteiger partial charge in [0.05, 0.1) is 5.57 Å². The summed E-state index contributed by atoms with van der Waals surface area (Å²) in [4.78, 5) is 38.1. The highest BCUT2D eigenvalue weighted by molar-refractivity contribution is 6.52. The number of esters is 1. The molecule has 0 fully saturated rings. The molecule has 0 aromatic heterocycles. The summed E-state index contributed by atoms with van der Waals surface area (Å²) in [6.45, 7) is 3.59. The average molecular weight is 406 g/mol. The molecule has 2 aromatic rings. The summed E-state index contributed by atoms with van der Waals surface area (Å²) in [5.74, 6) is -1.38. The lowest BCUT2D eigenvalue weighted by molar-refractivity contribution is -0.175. The number of ether oxygens (including phenoxy) is 3. The molecule has 2 aliphatic rings. The molecule has 0 amide bonds. The maximum absolute atomic E-state index is 12.9. The molecule has 0 N–H and O–H groups in total. The van der Waals surface area contributed by atoms with Crippen molar-refractivity contribution in [1.29, 1.82) is 0 Å². The molecule has 6 nitrogen and oxygen atoms in total. The molecule has 0 spiro atoms. The summed E-state index contributed by atoms with van der Waals surface area (Å²) >= 11 is 0. The van der Waals surface area contributed by atoms with Gasteiger partial charge in [-0.25, -0.2) is 4.79 Å². The molecule has 154 valence electrons. The minimum absolute atomic E-state index is 0.0954. The first-order valence-corrected chi connectivity index (χ1v) is 9.72. The molecule has 30 heavy (non-hydrogen) atoms. The Hall–Kier alpha value is -3.25. The van der Waals surface area contributed by atoms with Gasteiger partial charge in [0, 0.05) is 24.7 Å². The molecule has 1 aliphatic carbocycles. The predicted octanol–water partition coefficient (Wildman–Crippen LogP) is 3.66. The first kappa shape index (κ1) is 20.0. The SMILES string of the molecule is CO[C@@H](C(=O)O[C@H]1CC2=C(OC1(C)C)c1ccccc1C(=O)C2=O)c1ccccc1. The Labute approximate surface area is 174 Å². The minimum atomic E-state index is -0.906. The Morgan fingerprint density at radius 3 is 2.30 bits per heavy atom. The summed E-state index contributed by atoms with van der Waals surface area (Å²) in [5, 5.41) is 0. The largest absolute Gasteiger partial charge is 0.483 e. The molecule has 2 atom stereocenters. The van der Waals surface area contributed by atoms with E-state index < -0.39 is 35.3 Å². The van der Waals surface area contributed by atoms with Crippen LogP contribution in [0.2, 0.25) is 0 Å². The van der Waals surface area contributed by atoms with Crippen molar-refractivity contribution in [3.8, 4) is 0 Å². The van der Waals surface area contributed by atoms with E-state index >= 15 is 0 Å². The van der Waals surface area contributed by atoms with Crippen LogP contribution in [-0.4, -0.2) is 36.4 Å². The van der Waals surface area contributed by atoms with Crippen LogP contribution in [0.4, 0.5) is 0 Å². The van der Waals surface area contributed by atoms with Gasteiger partial charge in [-0.3, -0.25) is 9.59 Å². The second-order valence-electron chi connectivity index (χ2n) is 7.87. The van der Waals surface area contributed by atoms with Crippen molar-refractivity contribution in [1.82, 2.24) is 0 Å². The number of benzene rings is 2. The lowest BCUT2D eigenvalue weighted by Gasteiger charge is -2.41. The first-order chi connectivity index (χ1) is 14.3. The van der Waals surface area contributed by atoms with Crippen LogP contribution in [0.15, 0.2) is 60.2 Å². The Kier molecular flexibility index (Phi) is 5.03. The smallest absolute Gasteiger partial charge is 0.340 e. The lowest BCUT2D eigenvalue weighted by atomic mass is 9.81. The molecule has 1 aliphatic heterocycles. The van der Waals surface area contributed by atoms with E-state index in [1.165, 1.54) is 7.11 Å². The van der Waals surface area contributed by atoms with Crippen LogP contribution in [0.1, 0.15) is 47.9 Å². The normalized spacial score (nSPS) is 20.7. The second kappa shape index (κ2) is 7.54. The highest BCUT2D eigenvalue weighted by Crippen LogP contribution is 2.42. The molecule has 6 heteroatoms. The monoisotopic (exact) mass is 406 g/mol. The Morgan fingerprint density at radius 1 is 1.00 bits per heavy atom. The van der Waals surface area contributed by atoms with Crippen LogP contribution in [0.3, 0.4) is 0 Å². The van der Waals surface area contributed by atoms with E-state index in [0.717, 1.165) is 0 Å². The summed E-state index contributed by atoms with van der Waals surface area (Å²) in [6.07, 6.45) is -1.56. The number of carbonyl (C=O) groups excluding carboxylic acids is 3. The van der Waals surface area contributed by atoms with Gasteiger partial charge < -0.3 is 14.2 Å². The van der Waals surface area contributed by atoms with E-state index in [1.807, 2.05) is 18.2 Å². The number of carbonyl (C=O) groups is 3. The number of hydrogen-bond acceptors (Lipinski definition) is 6. The maximum Gasteiger partial charge on any atom is 0.340 e. The van der Waals surface area contributed by atoms with E-state index in [2.05, 4.69) is 0 Å². The lowest BCUT2D eigenvalue weighted by Crippen LogP contribution is -2.47. The number of fused-ring (bicyclic) bond motifs is 2. The fourth-order valence-electron chi connectivity index (χ4n) is 3.85. The summed E-state index contributed by atoms with van der Waals surface area (Å²) < 4.78 is 17.2. The third kappa shape index (κ3) is 3.33. The molecule has 0 radical (unpaired) electrons. The number of ketones is 2.